The highest BCUT2D eigenvalue weighted by molar-refractivity contribution is 7.12. The number of anilines is 1. The third-order valence-corrected chi connectivity index (χ3v) is 5.29. The van der Waals surface area contributed by atoms with Crippen LogP contribution in [0.4, 0.5) is 11.4 Å². The Kier molecular flexibility index (Phi) is 6.18. The first kappa shape index (κ1) is 20.1. The van der Waals surface area contributed by atoms with Gasteiger partial charge < -0.3 is 10.1 Å². The van der Waals surface area contributed by atoms with Crippen LogP contribution in [0.5, 0.6) is 5.75 Å². The first-order chi connectivity index (χ1) is 13.3. The standard InChI is InChI=1S/C19H14Cl2N2O4S/c1-11-2-4-14(21)17(6-11)27-9-12-7-18(28-10-12)19(24)22-15-5-3-13(20)8-16(15)23(25)26/h2-8,10H,9H2,1H3,(H,22,24). The zero-order valence-electron chi connectivity index (χ0n) is 14.6. The SMILES string of the molecule is Cc1ccc(Cl)c(OCc2csc(C(=O)Nc3ccc(Cl)cc3[N+](=O)[O-])c2)c1. The number of nitro groups is 1. The highest BCUT2D eigenvalue weighted by Gasteiger charge is 2.18. The van der Waals surface area contributed by atoms with E-state index in [-0.39, 0.29) is 23.0 Å². The maximum absolute atomic E-state index is 12.4. The van der Waals surface area contributed by atoms with Crippen LogP contribution < -0.4 is 10.1 Å². The van der Waals surface area contributed by atoms with Crippen molar-refractivity contribution in [3.8, 4) is 5.75 Å². The van der Waals surface area contributed by atoms with E-state index in [0.29, 0.717) is 15.6 Å². The second-order valence-electron chi connectivity index (χ2n) is 5.91. The van der Waals surface area contributed by atoms with E-state index < -0.39 is 10.8 Å². The molecule has 0 spiro atoms. The molecule has 1 N–H and O–H groups in total. The summed E-state index contributed by atoms with van der Waals surface area (Å²) in [5, 5.41) is 16.2. The second-order valence-corrected chi connectivity index (χ2v) is 7.67. The molecule has 0 aliphatic rings. The molecule has 0 fully saturated rings. The van der Waals surface area contributed by atoms with Gasteiger partial charge in [-0.2, -0.15) is 0 Å². The highest BCUT2D eigenvalue weighted by Crippen LogP contribution is 2.29. The van der Waals surface area contributed by atoms with E-state index in [1.807, 2.05) is 19.1 Å². The Labute approximate surface area is 174 Å². The Morgan fingerprint density at radius 2 is 2.00 bits per heavy atom. The molecule has 1 heterocycles. The van der Waals surface area contributed by atoms with Crippen LogP contribution >= 0.6 is 34.5 Å². The third kappa shape index (κ3) is 4.81. The second kappa shape index (κ2) is 8.60. The fraction of sp³-hybridized carbons (Fsp3) is 0.105. The molecule has 1 aromatic heterocycles. The van der Waals surface area contributed by atoms with Crippen LogP contribution in [0.1, 0.15) is 20.8 Å². The minimum Gasteiger partial charge on any atom is -0.487 e. The molecule has 0 aliphatic heterocycles. The number of carbonyl (C=O) groups excluding carboxylic acids is 1. The monoisotopic (exact) mass is 436 g/mol. The van der Waals surface area contributed by atoms with Gasteiger partial charge in [-0.25, -0.2) is 0 Å². The van der Waals surface area contributed by atoms with Gasteiger partial charge in [0, 0.05) is 16.7 Å². The number of hydrogen-bond acceptors (Lipinski definition) is 5. The van der Waals surface area contributed by atoms with Crippen molar-refractivity contribution in [3.05, 3.63) is 84.0 Å². The van der Waals surface area contributed by atoms with Gasteiger partial charge in [-0.15, -0.1) is 11.3 Å². The van der Waals surface area contributed by atoms with Crippen LogP contribution in [0.25, 0.3) is 0 Å². The van der Waals surface area contributed by atoms with Gasteiger partial charge in [-0.1, -0.05) is 29.3 Å². The quantitative estimate of drug-likeness (QED) is 0.373. The molecule has 1 amide bonds. The Hall–Kier alpha value is -2.61. The summed E-state index contributed by atoms with van der Waals surface area (Å²) in [4.78, 5) is 23.4. The van der Waals surface area contributed by atoms with Crippen molar-refractivity contribution in [2.24, 2.45) is 0 Å². The van der Waals surface area contributed by atoms with Crippen molar-refractivity contribution >= 4 is 51.8 Å². The van der Waals surface area contributed by atoms with Gasteiger partial charge >= 0.3 is 0 Å². The van der Waals surface area contributed by atoms with Gasteiger partial charge in [0.25, 0.3) is 11.6 Å². The molecular formula is C19H14Cl2N2O4S. The summed E-state index contributed by atoms with van der Waals surface area (Å²) >= 11 is 13.1. The molecule has 3 rings (SSSR count). The van der Waals surface area contributed by atoms with Crippen LogP contribution in [0, 0.1) is 17.0 Å². The number of nitrogens with one attached hydrogen (secondary N) is 1. The Morgan fingerprint density at radius 3 is 2.75 bits per heavy atom. The number of thiophene rings is 1. The first-order valence-corrected chi connectivity index (χ1v) is 9.68. The normalized spacial score (nSPS) is 10.5. The first-order valence-electron chi connectivity index (χ1n) is 8.05. The average Bonchev–Trinajstić information content (AvgIpc) is 3.13. The third-order valence-electron chi connectivity index (χ3n) is 3.76. The topological polar surface area (TPSA) is 81.5 Å². The molecule has 6 nitrogen and oxygen atoms in total. The van der Waals surface area contributed by atoms with Gasteiger partial charge in [0.2, 0.25) is 0 Å². The van der Waals surface area contributed by atoms with E-state index in [1.54, 1.807) is 17.5 Å². The number of ether oxygens (including phenoxy) is 1. The predicted octanol–water partition coefficient (Wildman–Crippen LogP) is 6.10. The van der Waals surface area contributed by atoms with Gasteiger partial charge in [-0.3, -0.25) is 14.9 Å². The Morgan fingerprint density at radius 1 is 1.21 bits per heavy atom. The van der Waals surface area contributed by atoms with Crippen molar-refractivity contribution in [1.29, 1.82) is 0 Å². The minimum atomic E-state index is -0.596. The van der Waals surface area contributed by atoms with Crippen LogP contribution in [0.15, 0.2) is 47.8 Å². The molecule has 0 aliphatic carbocycles. The number of carbonyl (C=O) groups is 1. The molecule has 0 unspecified atom stereocenters. The average molecular weight is 437 g/mol. The lowest BCUT2D eigenvalue weighted by Gasteiger charge is -2.07. The van der Waals surface area contributed by atoms with E-state index in [1.165, 1.54) is 29.5 Å². The summed E-state index contributed by atoms with van der Waals surface area (Å²) in [6.07, 6.45) is 0. The number of aryl methyl sites for hydroxylation is 1. The van der Waals surface area contributed by atoms with Gasteiger partial charge in [0.05, 0.1) is 14.8 Å². The maximum atomic E-state index is 12.4. The fourth-order valence-electron chi connectivity index (χ4n) is 2.40. The molecule has 0 saturated carbocycles. The zero-order valence-corrected chi connectivity index (χ0v) is 16.9. The number of rotatable bonds is 6. The van der Waals surface area contributed by atoms with E-state index >= 15 is 0 Å². The molecule has 9 heteroatoms. The van der Waals surface area contributed by atoms with Crippen molar-refractivity contribution in [3.63, 3.8) is 0 Å². The number of nitrogens with zero attached hydrogens (tertiary/aromatic N) is 1. The van der Waals surface area contributed by atoms with Crippen molar-refractivity contribution in [2.75, 3.05) is 5.32 Å². The van der Waals surface area contributed by atoms with Crippen molar-refractivity contribution < 1.29 is 14.5 Å². The molecular weight excluding hydrogens is 423 g/mol. The van der Waals surface area contributed by atoms with Gasteiger partial charge in [0.15, 0.2) is 0 Å². The molecule has 0 radical (unpaired) electrons. The Bertz CT molecular complexity index is 1050. The van der Waals surface area contributed by atoms with Gasteiger partial charge in [0.1, 0.15) is 18.0 Å². The van der Waals surface area contributed by atoms with Crippen molar-refractivity contribution in [2.45, 2.75) is 13.5 Å². The fourth-order valence-corrected chi connectivity index (χ4v) is 3.53. The number of halogens is 2. The summed E-state index contributed by atoms with van der Waals surface area (Å²) in [6, 6.07) is 11.2. The lowest BCUT2D eigenvalue weighted by atomic mass is 10.2. The summed E-state index contributed by atoms with van der Waals surface area (Å²) < 4.78 is 5.72. The lowest BCUT2D eigenvalue weighted by molar-refractivity contribution is -0.383. The van der Waals surface area contributed by atoms with Crippen LogP contribution in [-0.4, -0.2) is 10.8 Å². The van der Waals surface area contributed by atoms with E-state index in [0.717, 1.165) is 11.1 Å². The number of hydrogen-bond donors (Lipinski definition) is 1. The number of amides is 1. The maximum Gasteiger partial charge on any atom is 0.294 e. The smallest absolute Gasteiger partial charge is 0.294 e. The number of benzene rings is 2. The van der Waals surface area contributed by atoms with Crippen LogP contribution in [0.3, 0.4) is 0 Å². The van der Waals surface area contributed by atoms with Crippen molar-refractivity contribution in [1.82, 2.24) is 0 Å². The largest absolute Gasteiger partial charge is 0.487 e. The lowest BCUT2D eigenvalue weighted by Crippen LogP contribution is -2.11. The predicted molar refractivity (Wildman–Crippen MR) is 111 cm³/mol. The summed E-state index contributed by atoms with van der Waals surface area (Å²) in [5.41, 5.74) is 1.62. The highest BCUT2D eigenvalue weighted by atomic mass is 35.5. The molecule has 0 atom stereocenters. The molecule has 144 valence electrons. The molecule has 28 heavy (non-hydrogen) atoms. The summed E-state index contributed by atoms with van der Waals surface area (Å²) in [5.74, 6) is 0.117. The van der Waals surface area contributed by atoms with E-state index in [2.05, 4.69) is 5.32 Å². The van der Waals surface area contributed by atoms with Gasteiger partial charge in [-0.05, 0) is 48.2 Å². The van der Waals surface area contributed by atoms with E-state index in [4.69, 9.17) is 27.9 Å². The zero-order chi connectivity index (χ0) is 20.3. The van der Waals surface area contributed by atoms with E-state index in [9.17, 15) is 14.9 Å². The molecule has 3 aromatic rings. The summed E-state index contributed by atoms with van der Waals surface area (Å²) in [6.45, 7) is 2.18. The van der Waals surface area contributed by atoms with Crippen LogP contribution in [0.2, 0.25) is 10.0 Å². The van der Waals surface area contributed by atoms with Crippen LogP contribution in [-0.2, 0) is 6.61 Å². The molecule has 0 bridgehead atoms. The number of nitro benzene ring substituents is 1. The summed E-state index contributed by atoms with van der Waals surface area (Å²) in [7, 11) is 0. The Balaban J connectivity index is 1.69. The minimum absolute atomic E-state index is 0.0807. The molecule has 2 aromatic carbocycles. The molecule has 0 saturated heterocycles.